The molecule has 0 N–H and O–H groups in total. The minimum atomic E-state index is -4.69. The van der Waals surface area contributed by atoms with Crippen LogP contribution >= 0.6 is 11.8 Å². The van der Waals surface area contributed by atoms with Crippen molar-refractivity contribution in [3.05, 3.63) is 66.2 Å². The van der Waals surface area contributed by atoms with Crippen LogP contribution in [0.1, 0.15) is 11.6 Å². The molecule has 0 aliphatic heterocycles. The number of rotatable bonds is 4. The summed E-state index contributed by atoms with van der Waals surface area (Å²) in [7, 11) is 0. The van der Waals surface area contributed by atoms with E-state index in [4.69, 9.17) is 0 Å². The van der Waals surface area contributed by atoms with Crippen LogP contribution in [0, 0.1) is 5.82 Å². The van der Waals surface area contributed by atoms with E-state index in [9.17, 15) is 17.6 Å². The highest BCUT2D eigenvalue weighted by molar-refractivity contribution is 7.98. The number of aromatic nitrogens is 4. The molecule has 0 radical (unpaired) electrons. The normalized spacial score (nSPS) is 12.0. The molecule has 0 spiro atoms. The van der Waals surface area contributed by atoms with Crippen molar-refractivity contribution in [3.63, 3.8) is 0 Å². The third-order valence-corrected chi connectivity index (χ3v) is 4.73. The molecule has 0 saturated heterocycles. The average Bonchev–Trinajstić information content (AvgIpc) is 3.27. The van der Waals surface area contributed by atoms with Crippen LogP contribution in [-0.4, -0.2) is 19.5 Å². The summed E-state index contributed by atoms with van der Waals surface area (Å²) in [5.74, 6) is -1.43. The number of halogens is 4. The molecule has 0 amide bonds. The fourth-order valence-corrected chi connectivity index (χ4v) is 3.24. The quantitative estimate of drug-likeness (QED) is 0.366. The number of fused-ring (bicyclic) bond motifs is 1. The summed E-state index contributed by atoms with van der Waals surface area (Å²) in [4.78, 5) is 8.29. The maximum atomic E-state index is 13.7. The Hall–Kier alpha value is -2.88. The van der Waals surface area contributed by atoms with E-state index in [-0.39, 0.29) is 11.6 Å². The van der Waals surface area contributed by atoms with Gasteiger partial charge in [-0.15, -0.1) is 11.8 Å². The molecular weight excluding hydrogens is 384 g/mol. The minimum absolute atomic E-state index is 0.171. The number of alkyl halides is 3. The summed E-state index contributed by atoms with van der Waals surface area (Å²) >= 11 is 1.31. The lowest BCUT2D eigenvalue weighted by atomic mass is 10.2. The molecule has 3 aromatic heterocycles. The molecule has 138 valence electrons. The summed E-state index contributed by atoms with van der Waals surface area (Å²) in [6, 6.07) is 9.56. The second kappa shape index (κ2) is 6.69. The lowest BCUT2D eigenvalue weighted by Crippen LogP contribution is -2.04. The second-order valence-corrected chi connectivity index (χ2v) is 6.57. The third-order valence-electron chi connectivity index (χ3n) is 3.65. The van der Waals surface area contributed by atoms with Gasteiger partial charge in [0.1, 0.15) is 11.5 Å². The molecule has 0 fully saturated rings. The smallest absolute Gasteiger partial charge is 0.329 e. The van der Waals surface area contributed by atoms with Crippen LogP contribution in [0.15, 0.2) is 58.2 Å². The number of imidazole rings is 1. The summed E-state index contributed by atoms with van der Waals surface area (Å²) in [5, 5.41) is 3.36. The van der Waals surface area contributed by atoms with Crippen molar-refractivity contribution in [1.82, 2.24) is 19.5 Å². The van der Waals surface area contributed by atoms with Crippen LogP contribution in [0.25, 0.3) is 17.0 Å². The predicted molar refractivity (Wildman–Crippen MR) is 89.4 cm³/mol. The van der Waals surface area contributed by atoms with Crippen LogP contribution in [0.5, 0.6) is 0 Å². The van der Waals surface area contributed by atoms with Crippen LogP contribution in [0.4, 0.5) is 17.6 Å². The zero-order valence-electron chi connectivity index (χ0n) is 13.4. The molecule has 0 aliphatic carbocycles. The van der Waals surface area contributed by atoms with Gasteiger partial charge in [-0.25, -0.2) is 9.37 Å². The zero-order valence-corrected chi connectivity index (χ0v) is 14.3. The molecule has 0 saturated carbocycles. The lowest BCUT2D eigenvalue weighted by Gasteiger charge is -2.00. The van der Waals surface area contributed by atoms with Gasteiger partial charge in [-0.3, -0.25) is 0 Å². The van der Waals surface area contributed by atoms with Crippen LogP contribution < -0.4 is 0 Å². The van der Waals surface area contributed by atoms with Crippen molar-refractivity contribution in [1.29, 1.82) is 0 Å². The highest BCUT2D eigenvalue weighted by atomic mass is 32.2. The van der Waals surface area contributed by atoms with Crippen molar-refractivity contribution >= 4 is 17.4 Å². The number of benzene rings is 1. The summed E-state index contributed by atoms with van der Waals surface area (Å²) < 4.78 is 57.4. The zero-order chi connectivity index (χ0) is 19.0. The van der Waals surface area contributed by atoms with Crippen LogP contribution in [-0.2, 0) is 11.9 Å². The number of hydrogen-bond donors (Lipinski definition) is 0. The number of thioether (sulfide) groups is 1. The van der Waals surface area contributed by atoms with Gasteiger partial charge in [0.15, 0.2) is 0 Å². The Kier molecular flexibility index (Phi) is 4.34. The maximum absolute atomic E-state index is 13.7. The van der Waals surface area contributed by atoms with Gasteiger partial charge >= 0.3 is 12.1 Å². The molecule has 10 heteroatoms. The van der Waals surface area contributed by atoms with Crippen molar-refractivity contribution in [2.45, 2.75) is 16.8 Å². The van der Waals surface area contributed by atoms with E-state index in [1.807, 2.05) is 0 Å². The summed E-state index contributed by atoms with van der Waals surface area (Å²) in [6.45, 7) is 0. The van der Waals surface area contributed by atoms with Gasteiger partial charge in [0.25, 0.3) is 0 Å². The van der Waals surface area contributed by atoms with Gasteiger partial charge in [0, 0.05) is 28.6 Å². The topological polar surface area (TPSA) is 56.2 Å². The molecule has 4 rings (SSSR count). The van der Waals surface area contributed by atoms with E-state index in [0.717, 1.165) is 0 Å². The van der Waals surface area contributed by atoms with Gasteiger partial charge < -0.3 is 8.92 Å². The van der Waals surface area contributed by atoms with Crippen molar-refractivity contribution in [2.75, 3.05) is 0 Å². The fourth-order valence-electron chi connectivity index (χ4n) is 2.41. The first-order valence-electron chi connectivity index (χ1n) is 7.66. The maximum Gasteiger partial charge on any atom is 0.471 e. The largest absolute Gasteiger partial charge is 0.471 e. The number of hydrogen-bond acceptors (Lipinski definition) is 5. The first-order valence-corrected chi connectivity index (χ1v) is 8.65. The van der Waals surface area contributed by atoms with E-state index >= 15 is 0 Å². The van der Waals surface area contributed by atoms with E-state index in [2.05, 4.69) is 19.6 Å². The third kappa shape index (κ3) is 3.65. The standard InChI is InChI=1S/C17H10F4N4OS/c18-12-3-1-2-4-13(12)27-9-11-8-25-6-5-10(7-14(25)22-11)15-23-16(26-24-15)17(19,20)21/h1-8H,9H2. The molecule has 0 bridgehead atoms. The fraction of sp³-hybridized carbons (Fsp3) is 0.118. The number of pyridine rings is 1. The van der Waals surface area contributed by atoms with Crippen molar-refractivity contribution in [3.8, 4) is 11.4 Å². The highest BCUT2D eigenvalue weighted by Gasteiger charge is 2.38. The molecule has 4 aromatic rings. The average molecular weight is 394 g/mol. The molecule has 0 unspecified atom stereocenters. The van der Waals surface area contributed by atoms with E-state index < -0.39 is 12.1 Å². The first-order chi connectivity index (χ1) is 12.9. The molecule has 27 heavy (non-hydrogen) atoms. The van der Waals surface area contributed by atoms with Crippen molar-refractivity contribution in [2.24, 2.45) is 0 Å². The van der Waals surface area contributed by atoms with Crippen molar-refractivity contribution < 1.29 is 22.1 Å². The van der Waals surface area contributed by atoms with E-state index in [1.54, 1.807) is 47.1 Å². The predicted octanol–water partition coefficient (Wildman–Crippen LogP) is 4.83. The van der Waals surface area contributed by atoms with Crippen LogP contribution in [0.2, 0.25) is 0 Å². The minimum Gasteiger partial charge on any atom is -0.329 e. The summed E-state index contributed by atoms with van der Waals surface area (Å²) in [6.07, 6.45) is -1.29. The van der Waals surface area contributed by atoms with Gasteiger partial charge in [-0.05, 0) is 24.3 Å². The van der Waals surface area contributed by atoms with E-state index in [1.165, 1.54) is 17.8 Å². The Morgan fingerprint density at radius 2 is 1.93 bits per heavy atom. The van der Waals surface area contributed by atoms with Gasteiger partial charge in [0.2, 0.25) is 5.82 Å². The second-order valence-electron chi connectivity index (χ2n) is 5.55. The Morgan fingerprint density at radius 1 is 1.11 bits per heavy atom. The van der Waals surface area contributed by atoms with Gasteiger partial charge in [-0.1, -0.05) is 17.3 Å². The molecule has 1 aromatic carbocycles. The monoisotopic (exact) mass is 394 g/mol. The van der Waals surface area contributed by atoms with E-state index in [0.29, 0.717) is 27.6 Å². The molecule has 0 aliphatic rings. The highest BCUT2D eigenvalue weighted by Crippen LogP contribution is 2.30. The molecular formula is C17H10F4N4OS. The SMILES string of the molecule is Fc1ccccc1SCc1cn2ccc(-c3noc(C(F)(F)F)n3)cc2n1. The molecule has 0 atom stereocenters. The number of nitrogens with zero attached hydrogens (tertiary/aromatic N) is 4. The van der Waals surface area contributed by atoms with Gasteiger partial charge in [0.05, 0.1) is 5.69 Å². The van der Waals surface area contributed by atoms with Crippen LogP contribution in [0.3, 0.4) is 0 Å². The Morgan fingerprint density at radius 3 is 2.67 bits per heavy atom. The first kappa shape index (κ1) is 17.5. The Labute approximate surface area is 154 Å². The Balaban J connectivity index is 1.57. The Bertz CT molecular complexity index is 1110. The molecule has 5 nitrogen and oxygen atoms in total. The molecule has 3 heterocycles. The van der Waals surface area contributed by atoms with Gasteiger partial charge in [-0.2, -0.15) is 18.2 Å². The lowest BCUT2D eigenvalue weighted by molar-refractivity contribution is -0.159. The summed E-state index contributed by atoms with van der Waals surface area (Å²) in [5.41, 5.74) is 1.56.